The molecule has 0 saturated heterocycles. The molecule has 15 heavy (non-hydrogen) atoms. The van der Waals surface area contributed by atoms with Crippen molar-refractivity contribution in [3.63, 3.8) is 0 Å². The highest BCUT2D eigenvalue weighted by Gasteiger charge is 2.16. The summed E-state index contributed by atoms with van der Waals surface area (Å²) in [6.45, 7) is 8.73. The molecule has 0 heterocycles. The van der Waals surface area contributed by atoms with E-state index in [1.807, 2.05) is 13.1 Å². The van der Waals surface area contributed by atoms with Crippen LogP contribution in [0, 0.1) is 0 Å². The van der Waals surface area contributed by atoms with Gasteiger partial charge in [0.15, 0.2) is 0 Å². The molecule has 1 unspecified atom stereocenters. The van der Waals surface area contributed by atoms with Crippen molar-refractivity contribution >= 4 is 8.32 Å². The molecule has 3 heteroatoms. The Morgan fingerprint density at radius 1 is 1.27 bits per heavy atom. The molecule has 0 fully saturated rings. The molecule has 0 aliphatic heterocycles. The van der Waals surface area contributed by atoms with Crippen LogP contribution in [0.15, 0.2) is 24.3 Å². The van der Waals surface area contributed by atoms with Crippen molar-refractivity contribution in [3.05, 3.63) is 29.8 Å². The van der Waals surface area contributed by atoms with E-state index >= 15 is 0 Å². The minimum absolute atomic E-state index is 0.371. The summed E-state index contributed by atoms with van der Waals surface area (Å²) in [7, 11) is 0.483. The maximum Gasteiger partial charge on any atom is 0.242 e. The summed E-state index contributed by atoms with van der Waals surface area (Å²) in [4.78, 5) is 0. The first-order valence-electron chi connectivity index (χ1n) is 5.38. The maximum absolute atomic E-state index is 5.95. The van der Waals surface area contributed by atoms with Crippen LogP contribution in [0.3, 0.4) is 0 Å². The molecule has 1 N–H and O–H groups in total. The Bertz CT molecular complexity index is 320. The average Bonchev–Trinajstić information content (AvgIpc) is 2.14. The van der Waals surface area contributed by atoms with Gasteiger partial charge in [0.1, 0.15) is 5.75 Å². The molecule has 0 bridgehead atoms. The van der Waals surface area contributed by atoms with Crippen LogP contribution in [-0.4, -0.2) is 15.4 Å². The highest BCUT2D eigenvalue weighted by Crippen LogP contribution is 2.21. The second kappa shape index (κ2) is 4.81. The van der Waals surface area contributed by atoms with Crippen LogP contribution in [-0.2, 0) is 0 Å². The van der Waals surface area contributed by atoms with Gasteiger partial charge in [0.25, 0.3) is 0 Å². The Kier molecular flexibility index (Phi) is 3.94. The van der Waals surface area contributed by atoms with E-state index in [9.17, 15) is 0 Å². The lowest BCUT2D eigenvalue weighted by molar-refractivity contribution is 0.553. The topological polar surface area (TPSA) is 21.3 Å². The minimum atomic E-state index is -1.49. The quantitative estimate of drug-likeness (QED) is 0.792. The minimum Gasteiger partial charge on any atom is -0.544 e. The Hall–Kier alpha value is -0.803. The predicted molar refractivity (Wildman–Crippen MR) is 67.9 cm³/mol. The molecule has 0 radical (unpaired) electrons. The second-order valence-electron chi connectivity index (χ2n) is 4.80. The van der Waals surface area contributed by atoms with Gasteiger partial charge >= 0.3 is 0 Å². The fourth-order valence-electron chi connectivity index (χ4n) is 1.37. The molecular formula is C12H21NOSi. The summed E-state index contributed by atoms with van der Waals surface area (Å²) in [5.74, 6) is 0.994. The standard InChI is InChI=1S/C12H21NOSi/c1-10(13-2)11-7-6-8-12(9-11)14-15(3,4)5/h6-10,13H,1-5H3. The van der Waals surface area contributed by atoms with Gasteiger partial charge in [-0.1, -0.05) is 12.1 Å². The highest BCUT2D eigenvalue weighted by atomic mass is 28.4. The van der Waals surface area contributed by atoms with Gasteiger partial charge < -0.3 is 9.74 Å². The van der Waals surface area contributed by atoms with Crippen molar-refractivity contribution in [2.24, 2.45) is 0 Å². The van der Waals surface area contributed by atoms with Gasteiger partial charge in [-0.05, 0) is 51.3 Å². The summed E-state index contributed by atoms with van der Waals surface area (Å²) < 4.78 is 5.95. The molecule has 0 aliphatic carbocycles. The fourth-order valence-corrected chi connectivity index (χ4v) is 2.20. The van der Waals surface area contributed by atoms with Crippen molar-refractivity contribution in [2.45, 2.75) is 32.6 Å². The van der Waals surface area contributed by atoms with Crippen molar-refractivity contribution in [2.75, 3.05) is 7.05 Å². The summed E-state index contributed by atoms with van der Waals surface area (Å²) in [5.41, 5.74) is 1.27. The number of hydrogen-bond acceptors (Lipinski definition) is 2. The molecule has 1 rings (SSSR count). The molecular weight excluding hydrogens is 202 g/mol. The van der Waals surface area contributed by atoms with Crippen molar-refractivity contribution in [3.8, 4) is 5.75 Å². The third-order valence-corrected chi connectivity index (χ3v) is 3.06. The first-order valence-corrected chi connectivity index (χ1v) is 8.79. The van der Waals surface area contributed by atoms with Crippen molar-refractivity contribution in [1.29, 1.82) is 0 Å². The summed E-state index contributed by atoms with van der Waals surface area (Å²) in [5, 5.41) is 3.23. The third-order valence-electron chi connectivity index (χ3n) is 2.22. The number of benzene rings is 1. The van der Waals surface area contributed by atoms with E-state index < -0.39 is 8.32 Å². The van der Waals surface area contributed by atoms with E-state index in [0.717, 1.165) is 5.75 Å². The van der Waals surface area contributed by atoms with Crippen molar-refractivity contribution < 1.29 is 4.43 Å². The number of rotatable bonds is 4. The lowest BCUT2D eigenvalue weighted by atomic mass is 10.1. The molecule has 0 aromatic heterocycles. The van der Waals surface area contributed by atoms with Gasteiger partial charge in [-0.15, -0.1) is 0 Å². The molecule has 0 saturated carbocycles. The Morgan fingerprint density at radius 3 is 2.47 bits per heavy atom. The summed E-state index contributed by atoms with van der Waals surface area (Å²) >= 11 is 0. The molecule has 84 valence electrons. The second-order valence-corrected chi connectivity index (χ2v) is 9.23. The van der Waals surface area contributed by atoms with Crippen LogP contribution < -0.4 is 9.74 Å². The van der Waals surface area contributed by atoms with Crippen molar-refractivity contribution in [1.82, 2.24) is 5.32 Å². The summed E-state index contributed by atoms with van der Waals surface area (Å²) in [6, 6.07) is 8.70. The zero-order valence-electron chi connectivity index (χ0n) is 10.3. The SMILES string of the molecule is CNC(C)c1cccc(O[Si](C)(C)C)c1. The van der Waals surface area contributed by atoms with Gasteiger partial charge in [-0.25, -0.2) is 0 Å². The average molecular weight is 223 g/mol. The molecule has 0 amide bonds. The monoisotopic (exact) mass is 223 g/mol. The molecule has 1 aromatic rings. The van der Waals surface area contributed by atoms with Gasteiger partial charge in [0, 0.05) is 6.04 Å². The molecule has 1 atom stereocenters. The Labute approximate surface area is 93.8 Å². The number of nitrogens with one attached hydrogen (secondary N) is 1. The predicted octanol–water partition coefficient (Wildman–Crippen LogP) is 3.18. The fraction of sp³-hybridized carbons (Fsp3) is 0.500. The molecule has 0 spiro atoms. The first-order chi connectivity index (χ1) is 6.92. The van der Waals surface area contributed by atoms with Gasteiger partial charge in [0.2, 0.25) is 8.32 Å². The lowest BCUT2D eigenvalue weighted by Crippen LogP contribution is -2.29. The van der Waals surface area contributed by atoms with E-state index in [1.54, 1.807) is 0 Å². The van der Waals surface area contributed by atoms with Crippen LogP contribution >= 0.6 is 0 Å². The molecule has 0 aliphatic rings. The zero-order chi connectivity index (χ0) is 11.5. The highest BCUT2D eigenvalue weighted by molar-refractivity contribution is 6.70. The van der Waals surface area contributed by atoms with Gasteiger partial charge in [0.05, 0.1) is 0 Å². The van der Waals surface area contributed by atoms with E-state index in [1.165, 1.54) is 5.56 Å². The smallest absolute Gasteiger partial charge is 0.242 e. The normalized spacial score (nSPS) is 13.7. The van der Waals surface area contributed by atoms with E-state index in [-0.39, 0.29) is 0 Å². The van der Waals surface area contributed by atoms with Crippen LogP contribution in [0.25, 0.3) is 0 Å². The maximum atomic E-state index is 5.95. The van der Waals surface area contributed by atoms with Crippen LogP contribution in [0.1, 0.15) is 18.5 Å². The lowest BCUT2D eigenvalue weighted by Gasteiger charge is -2.20. The summed E-state index contributed by atoms with van der Waals surface area (Å²) in [6.07, 6.45) is 0. The molecule has 2 nitrogen and oxygen atoms in total. The van der Waals surface area contributed by atoms with Gasteiger partial charge in [-0.3, -0.25) is 0 Å². The van der Waals surface area contributed by atoms with E-state index in [4.69, 9.17) is 4.43 Å². The van der Waals surface area contributed by atoms with Crippen LogP contribution in [0.2, 0.25) is 19.6 Å². The third kappa shape index (κ3) is 4.06. The zero-order valence-corrected chi connectivity index (χ0v) is 11.3. The molecule has 1 aromatic carbocycles. The van der Waals surface area contributed by atoms with E-state index in [0.29, 0.717) is 6.04 Å². The first kappa shape index (κ1) is 12.3. The van der Waals surface area contributed by atoms with Gasteiger partial charge in [-0.2, -0.15) is 0 Å². The Balaban J connectivity index is 2.83. The van der Waals surface area contributed by atoms with E-state index in [2.05, 4.69) is 50.1 Å². The Morgan fingerprint density at radius 2 is 1.93 bits per heavy atom. The number of hydrogen-bond donors (Lipinski definition) is 1. The largest absolute Gasteiger partial charge is 0.544 e. The van der Waals surface area contributed by atoms with Crippen LogP contribution in [0.4, 0.5) is 0 Å². The van der Waals surface area contributed by atoms with Crippen LogP contribution in [0.5, 0.6) is 5.75 Å².